The van der Waals surface area contributed by atoms with E-state index < -0.39 is 0 Å². The predicted octanol–water partition coefficient (Wildman–Crippen LogP) is 4.35. The number of nitrogens with one attached hydrogen (secondary N) is 1. The number of nitrogens with zero attached hydrogens (tertiary/aromatic N) is 2. The summed E-state index contributed by atoms with van der Waals surface area (Å²) in [5.41, 5.74) is 6.27. The van der Waals surface area contributed by atoms with E-state index in [1.165, 1.54) is 5.56 Å². The van der Waals surface area contributed by atoms with Gasteiger partial charge in [-0.3, -0.25) is 9.48 Å². The number of hydrogen-bond acceptors (Lipinski definition) is 2. The first-order valence-corrected chi connectivity index (χ1v) is 8.90. The first kappa shape index (κ1) is 17.9. The third-order valence-electron chi connectivity index (χ3n) is 4.65. The molecule has 1 N–H and O–H groups in total. The molecule has 0 aliphatic heterocycles. The van der Waals surface area contributed by atoms with Gasteiger partial charge in [-0.25, -0.2) is 0 Å². The maximum absolute atomic E-state index is 12.5. The number of aromatic nitrogens is 2. The van der Waals surface area contributed by atoms with Crippen molar-refractivity contribution in [2.24, 2.45) is 0 Å². The minimum Gasteiger partial charge on any atom is -0.346 e. The van der Waals surface area contributed by atoms with Gasteiger partial charge in [0.05, 0.1) is 18.3 Å². The van der Waals surface area contributed by atoms with E-state index in [4.69, 9.17) is 0 Å². The minimum atomic E-state index is -0.0570. The van der Waals surface area contributed by atoms with Crippen LogP contribution in [0.3, 0.4) is 0 Å². The molecule has 0 fully saturated rings. The highest BCUT2D eigenvalue weighted by Gasteiger charge is 2.13. The van der Waals surface area contributed by atoms with Gasteiger partial charge in [-0.1, -0.05) is 36.4 Å². The lowest BCUT2D eigenvalue weighted by Crippen LogP contribution is -2.27. The van der Waals surface area contributed by atoms with Crippen molar-refractivity contribution in [1.82, 2.24) is 15.1 Å². The van der Waals surface area contributed by atoms with E-state index in [-0.39, 0.29) is 11.9 Å². The quantitative estimate of drug-likeness (QED) is 0.746. The second kappa shape index (κ2) is 7.56. The van der Waals surface area contributed by atoms with Crippen LogP contribution in [0.1, 0.15) is 51.4 Å². The van der Waals surface area contributed by atoms with Crippen molar-refractivity contribution >= 4 is 5.91 Å². The van der Waals surface area contributed by atoms with Crippen LogP contribution in [0.15, 0.2) is 54.6 Å². The topological polar surface area (TPSA) is 46.9 Å². The van der Waals surface area contributed by atoms with Gasteiger partial charge < -0.3 is 5.32 Å². The Morgan fingerprint density at radius 3 is 2.38 bits per heavy atom. The summed E-state index contributed by atoms with van der Waals surface area (Å²) >= 11 is 0. The zero-order valence-electron chi connectivity index (χ0n) is 15.8. The van der Waals surface area contributed by atoms with Gasteiger partial charge >= 0.3 is 0 Å². The van der Waals surface area contributed by atoms with Gasteiger partial charge in [-0.05, 0) is 62.6 Å². The van der Waals surface area contributed by atoms with Crippen molar-refractivity contribution in [3.05, 3.63) is 88.2 Å². The molecule has 0 radical (unpaired) electrons. The van der Waals surface area contributed by atoms with Crippen molar-refractivity contribution in [1.29, 1.82) is 0 Å². The number of carbonyl (C=O) groups excluding carboxylic acids is 1. The van der Waals surface area contributed by atoms with E-state index in [0.29, 0.717) is 12.1 Å². The maximum Gasteiger partial charge on any atom is 0.251 e. The molecule has 1 heterocycles. The number of hydrogen-bond donors (Lipinski definition) is 1. The molecular weight excluding hydrogens is 322 g/mol. The summed E-state index contributed by atoms with van der Waals surface area (Å²) in [4.78, 5) is 12.5. The molecule has 1 amide bonds. The van der Waals surface area contributed by atoms with Crippen LogP contribution in [0.5, 0.6) is 0 Å². The van der Waals surface area contributed by atoms with Crippen LogP contribution < -0.4 is 5.32 Å². The zero-order chi connectivity index (χ0) is 18.7. The van der Waals surface area contributed by atoms with Crippen LogP contribution in [-0.4, -0.2) is 15.7 Å². The van der Waals surface area contributed by atoms with Gasteiger partial charge in [0.2, 0.25) is 0 Å². The molecule has 0 aliphatic carbocycles. The number of amides is 1. The van der Waals surface area contributed by atoms with E-state index in [2.05, 4.69) is 42.5 Å². The molecule has 26 heavy (non-hydrogen) atoms. The third kappa shape index (κ3) is 4.02. The zero-order valence-corrected chi connectivity index (χ0v) is 15.8. The Morgan fingerprint density at radius 2 is 1.77 bits per heavy atom. The number of rotatable bonds is 5. The van der Waals surface area contributed by atoms with Crippen molar-refractivity contribution in [3.8, 4) is 0 Å². The number of aryl methyl sites for hydroxylation is 3. The lowest BCUT2D eigenvalue weighted by molar-refractivity contribution is 0.0940. The van der Waals surface area contributed by atoms with Crippen molar-refractivity contribution in [3.63, 3.8) is 0 Å². The van der Waals surface area contributed by atoms with Crippen molar-refractivity contribution in [2.75, 3.05) is 0 Å². The molecule has 1 aromatic heterocycles. The fourth-order valence-corrected chi connectivity index (χ4v) is 3.20. The van der Waals surface area contributed by atoms with Crippen LogP contribution in [0.25, 0.3) is 0 Å². The normalized spacial score (nSPS) is 12.0. The molecule has 0 saturated heterocycles. The molecule has 134 valence electrons. The summed E-state index contributed by atoms with van der Waals surface area (Å²) < 4.78 is 1.98. The Hall–Kier alpha value is -2.88. The Labute approximate surface area is 154 Å². The third-order valence-corrected chi connectivity index (χ3v) is 4.65. The van der Waals surface area contributed by atoms with Gasteiger partial charge in [-0.2, -0.15) is 5.10 Å². The molecule has 4 nitrogen and oxygen atoms in total. The molecule has 3 rings (SSSR count). The summed E-state index contributed by atoms with van der Waals surface area (Å²) in [6.07, 6.45) is 0. The SMILES string of the molecule is Cc1cc(C)n(Cc2ccc(C(=O)N[C@H](C)c3ccccc3C)cc2)n1. The van der Waals surface area contributed by atoms with E-state index in [9.17, 15) is 4.79 Å². The summed E-state index contributed by atoms with van der Waals surface area (Å²) in [7, 11) is 0. The molecule has 0 saturated carbocycles. The monoisotopic (exact) mass is 347 g/mol. The highest BCUT2D eigenvalue weighted by molar-refractivity contribution is 5.94. The van der Waals surface area contributed by atoms with Crippen LogP contribution in [-0.2, 0) is 6.54 Å². The molecule has 0 unspecified atom stereocenters. The fraction of sp³-hybridized carbons (Fsp3) is 0.273. The molecule has 1 atom stereocenters. The van der Waals surface area contributed by atoms with Gasteiger partial charge in [0.25, 0.3) is 5.91 Å². The van der Waals surface area contributed by atoms with E-state index in [1.54, 1.807) is 0 Å². The summed E-state index contributed by atoms with van der Waals surface area (Å²) in [6, 6.07) is 17.9. The van der Waals surface area contributed by atoms with Gasteiger partial charge in [0, 0.05) is 11.3 Å². The molecule has 0 bridgehead atoms. The van der Waals surface area contributed by atoms with Crippen LogP contribution in [0.4, 0.5) is 0 Å². The highest BCUT2D eigenvalue weighted by atomic mass is 16.1. The lowest BCUT2D eigenvalue weighted by atomic mass is 10.0. The smallest absolute Gasteiger partial charge is 0.251 e. The van der Waals surface area contributed by atoms with E-state index in [1.807, 2.05) is 54.9 Å². The molecule has 3 aromatic rings. The van der Waals surface area contributed by atoms with Crippen LogP contribution in [0.2, 0.25) is 0 Å². The van der Waals surface area contributed by atoms with Crippen LogP contribution >= 0.6 is 0 Å². The van der Waals surface area contributed by atoms with Gasteiger partial charge in [-0.15, -0.1) is 0 Å². The predicted molar refractivity (Wildman–Crippen MR) is 104 cm³/mol. The molecule has 0 aliphatic rings. The maximum atomic E-state index is 12.5. The standard InChI is InChI=1S/C22H25N3O/c1-15-7-5-6-8-21(15)18(4)23-22(26)20-11-9-19(10-12-20)14-25-17(3)13-16(2)24-25/h5-13,18H,14H2,1-4H3,(H,23,26)/t18-/m1/s1. The first-order valence-electron chi connectivity index (χ1n) is 8.90. The Morgan fingerprint density at radius 1 is 1.08 bits per heavy atom. The Bertz CT molecular complexity index is 909. The lowest BCUT2D eigenvalue weighted by Gasteiger charge is -2.16. The minimum absolute atomic E-state index is 0.0296. The number of carbonyl (C=O) groups is 1. The summed E-state index contributed by atoms with van der Waals surface area (Å²) in [5, 5.41) is 7.56. The average molecular weight is 347 g/mol. The average Bonchev–Trinajstić information content (AvgIpc) is 2.93. The van der Waals surface area contributed by atoms with Gasteiger partial charge in [0.15, 0.2) is 0 Å². The fourth-order valence-electron chi connectivity index (χ4n) is 3.20. The van der Waals surface area contributed by atoms with Crippen molar-refractivity contribution < 1.29 is 4.79 Å². The van der Waals surface area contributed by atoms with Crippen molar-refractivity contribution in [2.45, 2.75) is 40.3 Å². The molecule has 2 aromatic carbocycles. The van der Waals surface area contributed by atoms with Gasteiger partial charge in [0.1, 0.15) is 0 Å². The largest absolute Gasteiger partial charge is 0.346 e. The number of benzene rings is 2. The second-order valence-electron chi connectivity index (χ2n) is 6.83. The molecule has 4 heteroatoms. The second-order valence-corrected chi connectivity index (χ2v) is 6.83. The summed E-state index contributed by atoms with van der Waals surface area (Å²) in [6.45, 7) is 8.83. The molecule has 0 spiro atoms. The highest BCUT2D eigenvalue weighted by Crippen LogP contribution is 2.17. The molecular formula is C22H25N3O. The Balaban J connectivity index is 1.67. The van der Waals surface area contributed by atoms with E-state index >= 15 is 0 Å². The first-order chi connectivity index (χ1) is 12.4. The van der Waals surface area contributed by atoms with E-state index in [0.717, 1.165) is 22.5 Å². The Kier molecular flexibility index (Phi) is 5.21. The van der Waals surface area contributed by atoms with Crippen LogP contribution in [0, 0.1) is 20.8 Å². The summed E-state index contributed by atoms with van der Waals surface area (Å²) in [5.74, 6) is -0.0570.